The molecule has 0 aliphatic heterocycles. The zero-order chi connectivity index (χ0) is 18.6. The summed E-state index contributed by atoms with van der Waals surface area (Å²) < 4.78 is 51.4. The smallest absolute Gasteiger partial charge is 0.398 e. The number of carbonyl (C=O) groups excluding carboxylic acids is 1. The van der Waals surface area contributed by atoms with Gasteiger partial charge in [-0.3, -0.25) is 4.79 Å². The molecule has 2 rings (SSSR count). The predicted octanol–water partition coefficient (Wildman–Crippen LogP) is 4.63. The van der Waals surface area contributed by atoms with Gasteiger partial charge >= 0.3 is 6.18 Å². The van der Waals surface area contributed by atoms with Gasteiger partial charge in [0.2, 0.25) is 5.91 Å². The molecule has 0 saturated carbocycles. The monoisotopic (exact) mass is 354 g/mol. The summed E-state index contributed by atoms with van der Waals surface area (Å²) in [6, 6.07) is 9.21. The first-order valence-electron chi connectivity index (χ1n) is 7.69. The molecular weight excluding hydrogens is 336 g/mol. The first-order chi connectivity index (χ1) is 11.7. The van der Waals surface area contributed by atoms with Crippen LogP contribution in [0.5, 0.6) is 0 Å². The van der Waals surface area contributed by atoms with Crippen molar-refractivity contribution in [3.8, 4) is 0 Å². The maximum atomic E-state index is 12.8. The normalized spacial score (nSPS) is 12.7. The molecule has 0 heterocycles. The summed E-state index contributed by atoms with van der Waals surface area (Å²) in [5.74, 6) is -1.14. The molecule has 1 atom stereocenters. The van der Waals surface area contributed by atoms with Crippen molar-refractivity contribution in [3.05, 3.63) is 59.4 Å². The Morgan fingerprint density at radius 3 is 2.40 bits per heavy atom. The molecule has 25 heavy (non-hydrogen) atoms. The molecule has 2 aromatic carbocycles. The van der Waals surface area contributed by atoms with Gasteiger partial charge in [-0.2, -0.15) is 13.2 Å². The van der Waals surface area contributed by atoms with Gasteiger partial charge < -0.3 is 11.1 Å². The highest BCUT2D eigenvalue weighted by molar-refractivity contribution is 5.92. The van der Waals surface area contributed by atoms with Crippen LogP contribution in [0.15, 0.2) is 42.5 Å². The van der Waals surface area contributed by atoms with Crippen LogP contribution in [-0.4, -0.2) is 5.91 Å². The van der Waals surface area contributed by atoms with Crippen molar-refractivity contribution < 1.29 is 22.4 Å². The minimum atomic E-state index is -4.58. The number of nitrogens with two attached hydrogens (primary N) is 1. The molecule has 7 heteroatoms. The number of nitrogens with one attached hydrogen (secondary N) is 1. The van der Waals surface area contributed by atoms with Crippen molar-refractivity contribution in [1.29, 1.82) is 0 Å². The number of hydrogen-bond acceptors (Lipinski definition) is 2. The van der Waals surface area contributed by atoms with Crippen LogP contribution in [0.25, 0.3) is 0 Å². The fourth-order valence-corrected chi connectivity index (χ4v) is 2.31. The van der Waals surface area contributed by atoms with Crippen molar-refractivity contribution in [1.82, 2.24) is 0 Å². The highest BCUT2D eigenvalue weighted by Crippen LogP contribution is 2.35. The fourth-order valence-electron chi connectivity index (χ4n) is 2.31. The lowest BCUT2D eigenvalue weighted by Gasteiger charge is -2.15. The third-order valence-electron chi connectivity index (χ3n) is 3.85. The molecule has 0 aliphatic rings. The second-order valence-electron chi connectivity index (χ2n) is 5.86. The number of alkyl halides is 3. The highest BCUT2D eigenvalue weighted by Gasteiger charge is 2.33. The molecule has 0 radical (unpaired) electrons. The Hall–Kier alpha value is -2.57. The first kappa shape index (κ1) is 18.8. The largest absolute Gasteiger partial charge is 0.418 e. The molecule has 0 fully saturated rings. The number of benzene rings is 2. The maximum absolute atomic E-state index is 12.8. The third-order valence-corrected chi connectivity index (χ3v) is 3.85. The van der Waals surface area contributed by atoms with Gasteiger partial charge in [0.15, 0.2) is 0 Å². The zero-order valence-corrected chi connectivity index (χ0v) is 13.5. The molecule has 0 spiro atoms. The van der Waals surface area contributed by atoms with Crippen molar-refractivity contribution in [2.45, 2.75) is 25.9 Å². The average molecular weight is 354 g/mol. The molecular formula is C18H18F4N2O. The number of nitrogen functional groups attached to an aromatic ring is 1. The summed E-state index contributed by atoms with van der Waals surface area (Å²) in [5, 5.41) is 2.47. The molecule has 0 aliphatic carbocycles. The second-order valence-corrected chi connectivity index (χ2v) is 5.86. The third kappa shape index (κ3) is 5.20. The van der Waals surface area contributed by atoms with Crippen molar-refractivity contribution >= 4 is 17.3 Å². The van der Waals surface area contributed by atoms with E-state index in [1.165, 1.54) is 18.2 Å². The van der Waals surface area contributed by atoms with E-state index in [0.29, 0.717) is 12.8 Å². The van der Waals surface area contributed by atoms with E-state index in [1.54, 1.807) is 19.1 Å². The molecule has 2 aromatic rings. The maximum Gasteiger partial charge on any atom is 0.418 e. The number of aryl methyl sites for hydroxylation is 1. The topological polar surface area (TPSA) is 55.1 Å². The van der Waals surface area contributed by atoms with E-state index < -0.39 is 23.3 Å². The molecule has 1 unspecified atom stereocenters. The van der Waals surface area contributed by atoms with Crippen LogP contribution in [-0.2, 0) is 17.4 Å². The van der Waals surface area contributed by atoms with Gasteiger partial charge in [-0.25, -0.2) is 4.39 Å². The summed E-state index contributed by atoms with van der Waals surface area (Å²) in [6.07, 6.45) is -3.54. The molecule has 1 amide bonds. The molecule has 134 valence electrons. The van der Waals surface area contributed by atoms with Crippen LogP contribution in [0.1, 0.15) is 24.5 Å². The van der Waals surface area contributed by atoms with Crippen molar-refractivity contribution in [2.24, 2.45) is 5.92 Å². The van der Waals surface area contributed by atoms with E-state index in [2.05, 4.69) is 5.32 Å². The average Bonchev–Trinajstić information content (AvgIpc) is 2.54. The van der Waals surface area contributed by atoms with Gasteiger partial charge in [0, 0.05) is 17.3 Å². The Kier molecular flexibility index (Phi) is 5.66. The second kappa shape index (κ2) is 7.55. The number of carbonyl (C=O) groups is 1. The summed E-state index contributed by atoms with van der Waals surface area (Å²) in [4.78, 5) is 12.2. The van der Waals surface area contributed by atoms with Crippen LogP contribution in [0, 0.1) is 11.7 Å². The van der Waals surface area contributed by atoms with Crippen LogP contribution in [0.3, 0.4) is 0 Å². The standard InChI is InChI=1S/C18H18F4N2O/c1-11(2-3-12-4-6-13(19)7-5-12)17(25)24-14-8-9-16(23)15(10-14)18(20,21)22/h4-11H,2-3,23H2,1H3,(H,24,25). The van der Waals surface area contributed by atoms with Gasteiger partial charge in [-0.05, 0) is 48.7 Å². The van der Waals surface area contributed by atoms with Crippen LogP contribution >= 0.6 is 0 Å². The lowest BCUT2D eigenvalue weighted by molar-refractivity contribution is -0.137. The Morgan fingerprint density at radius 2 is 1.80 bits per heavy atom. The molecule has 3 N–H and O–H groups in total. The summed E-state index contributed by atoms with van der Waals surface area (Å²) >= 11 is 0. The van der Waals surface area contributed by atoms with Gasteiger partial charge in [-0.1, -0.05) is 19.1 Å². The lowest BCUT2D eigenvalue weighted by atomic mass is 10.00. The number of amides is 1. The summed E-state index contributed by atoms with van der Waals surface area (Å²) in [6.45, 7) is 1.68. The predicted molar refractivity (Wildman–Crippen MR) is 88.4 cm³/mol. The van der Waals surface area contributed by atoms with E-state index in [4.69, 9.17) is 5.73 Å². The molecule has 3 nitrogen and oxygen atoms in total. The van der Waals surface area contributed by atoms with Gasteiger partial charge in [0.25, 0.3) is 0 Å². The Bertz CT molecular complexity index is 742. The Balaban J connectivity index is 1.98. The van der Waals surface area contributed by atoms with E-state index in [9.17, 15) is 22.4 Å². The van der Waals surface area contributed by atoms with Crippen molar-refractivity contribution in [2.75, 3.05) is 11.1 Å². The van der Waals surface area contributed by atoms with Crippen molar-refractivity contribution in [3.63, 3.8) is 0 Å². The molecule has 0 saturated heterocycles. The van der Waals surface area contributed by atoms with Crippen LogP contribution < -0.4 is 11.1 Å². The minimum Gasteiger partial charge on any atom is -0.398 e. The summed E-state index contributed by atoms with van der Waals surface area (Å²) in [7, 11) is 0. The fraction of sp³-hybridized carbons (Fsp3) is 0.278. The van der Waals surface area contributed by atoms with E-state index >= 15 is 0 Å². The van der Waals surface area contributed by atoms with Crippen LogP contribution in [0.2, 0.25) is 0 Å². The Morgan fingerprint density at radius 1 is 1.16 bits per heavy atom. The zero-order valence-electron chi connectivity index (χ0n) is 13.5. The van der Waals surface area contributed by atoms with Gasteiger partial charge in [-0.15, -0.1) is 0 Å². The number of halogens is 4. The highest BCUT2D eigenvalue weighted by atomic mass is 19.4. The van der Waals surface area contributed by atoms with E-state index in [1.807, 2.05) is 0 Å². The summed E-state index contributed by atoms with van der Waals surface area (Å²) in [5.41, 5.74) is 4.88. The SMILES string of the molecule is CC(CCc1ccc(F)cc1)C(=O)Nc1ccc(N)c(C(F)(F)F)c1. The van der Waals surface area contributed by atoms with E-state index in [-0.39, 0.29) is 17.4 Å². The minimum absolute atomic E-state index is 0.0418. The first-order valence-corrected chi connectivity index (χ1v) is 7.69. The van der Waals surface area contributed by atoms with E-state index in [0.717, 1.165) is 17.7 Å². The molecule has 0 bridgehead atoms. The molecule has 0 aromatic heterocycles. The van der Waals surface area contributed by atoms with Gasteiger partial charge in [0.1, 0.15) is 5.82 Å². The lowest BCUT2D eigenvalue weighted by Crippen LogP contribution is -2.21. The van der Waals surface area contributed by atoms with Gasteiger partial charge in [0.05, 0.1) is 5.56 Å². The number of anilines is 2. The number of hydrogen-bond donors (Lipinski definition) is 2. The quantitative estimate of drug-likeness (QED) is 0.607. The Labute approximate surface area is 142 Å². The van der Waals surface area contributed by atoms with Crippen LogP contribution in [0.4, 0.5) is 28.9 Å². The number of rotatable bonds is 5.